The maximum atomic E-state index is 12.1. The fourth-order valence-electron chi connectivity index (χ4n) is 2.31. The number of hydrogen-bond donors (Lipinski definition) is 2. The quantitative estimate of drug-likeness (QED) is 0.851. The number of carbonyl (C=O) groups excluding carboxylic acids is 1. The highest BCUT2D eigenvalue weighted by atomic mass is 79.9. The largest absolute Gasteiger partial charge is 0.496 e. The molecule has 21 heavy (non-hydrogen) atoms. The molecule has 0 aromatic heterocycles. The molecule has 1 aromatic carbocycles. The topological polar surface area (TPSA) is 75.6 Å². The van der Waals surface area contributed by atoms with Gasteiger partial charge in [-0.25, -0.2) is 4.79 Å². The summed E-state index contributed by atoms with van der Waals surface area (Å²) >= 11 is 3.32. The summed E-state index contributed by atoms with van der Waals surface area (Å²) in [6.07, 6.45) is 0.789. The van der Waals surface area contributed by atoms with Crippen molar-refractivity contribution in [2.24, 2.45) is 11.3 Å². The molecule has 1 fully saturated rings. The minimum absolute atomic E-state index is 0.0341. The van der Waals surface area contributed by atoms with Crippen molar-refractivity contribution in [3.63, 3.8) is 0 Å². The summed E-state index contributed by atoms with van der Waals surface area (Å²) in [7, 11) is 1.53. The van der Waals surface area contributed by atoms with Crippen LogP contribution in [0.15, 0.2) is 22.7 Å². The molecule has 1 aliphatic rings. The lowest BCUT2D eigenvalue weighted by Crippen LogP contribution is -2.35. The van der Waals surface area contributed by atoms with E-state index < -0.39 is 12.0 Å². The summed E-state index contributed by atoms with van der Waals surface area (Å²) in [6.45, 7) is 3.99. The number of ether oxygens (including phenoxy) is 1. The minimum atomic E-state index is -1.08. The van der Waals surface area contributed by atoms with Gasteiger partial charge in [-0.05, 0) is 45.5 Å². The van der Waals surface area contributed by atoms with Crippen molar-refractivity contribution < 1.29 is 19.4 Å². The lowest BCUT2D eigenvalue weighted by molar-refractivity contribution is -0.142. The Bertz CT molecular complexity index is 585. The van der Waals surface area contributed by atoms with Gasteiger partial charge in [-0.15, -0.1) is 0 Å². The zero-order valence-electron chi connectivity index (χ0n) is 12.1. The van der Waals surface area contributed by atoms with Crippen molar-refractivity contribution in [3.05, 3.63) is 28.2 Å². The van der Waals surface area contributed by atoms with Crippen LogP contribution in [-0.4, -0.2) is 24.1 Å². The molecule has 1 aromatic rings. The number of methoxy groups -OCH3 is 1. The Morgan fingerprint density at radius 3 is 2.52 bits per heavy atom. The number of hydrogen-bond acceptors (Lipinski definition) is 3. The van der Waals surface area contributed by atoms with Crippen LogP contribution < -0.4 is 10.1 Å². The molecule has 6 heteroatoms. The fraction of sp³-hybridized carbons (Fsp3) is 0.467. The average Bonchev–Trinajstić information content (AvgIpc) is 3.04. The maximum absolute atomic E-state index is 12.1. The molecule has 1 saturated carbocycles. The predicted octanol–water partition coefficient (Wildman–Crippen LogP) is 2.75. The second kappa shape index (κ2) is 5.67. The highest BCUT2D eigenvalue weighted by Gasteiger charge is 2.51. The molecule has 2 atom stereocenters. The molecule has 0 aliphatic heterocycles. The van der Waals surface area contributed by atoms with Crippen LogP contribution in [0, 0.1) is 11.3 Å². The van der Waals surface area contributed by atoms with E-state index in [-0.39, 0.29) is 17.2 Å². The Balaban J connectivity index is 2.18. The molecule has 2 unspecified atom stereocenters. The van der Waals surface area contributed by atoms with Gasteiger partial charge in [0.05, 0.1) is 11.6 Å². The molecule has 0 radical (unpaired) electrons. The molecule has 1 amide bonds. The number of benzene rings is 1. The van der Waals surface area contributed by atoms with Crippen molar-refractivity contribution >= 4 is 27.8 Å². The van der Waals surface area contributed by atoms with Crippen LogP contribution in [-0.2, 0) is 9.59 Å². The van der Waals surface area contributed by atoms with E-state index in [0.717, 1.165) is 6.42 Å². The number of nitrogens with one attached hydrogen (secondary N) is 1. The van der Waals surface area contributed by atoms with Crippen LogP contribution >= 0.6 is 15.9 Å². The first-order chi connectivity index (χ1) is 9.76. The molecule has 2 rings (SSSR count). The van der Waals surface area contributed by atoms with Gasteiger partial charge in [-0.1, -0.05) is 19.9 Å². The second-order valence-corrected chi connectivity index (χ2v) is 6.77. The molecule has 0 spiro atoms. The Labute approximate surface area is 131 Å². The second-order valence-electron chi connectivity index (χ2n) is 5.92. The van der Waals surface area contributed by atoms with Gasteiger partial charge in [-0.3, -0.25) is 4.79 Å². The number of carbonyl (C=O) groups is 2. The summed E-state index contributed by atoms with van der Waals surface area (Å²) in [5.74, 6) is -0.795. The zero-order chi connectivity index (χ0) is 15.8. The smallest absolute Gasteiger partial charge is 0.330 e. The van der Waals surface area contributed by atoms with Crippen LogP contribution in [0.25, 0.3) is 0 Å². The van der Waals surface area contributed by atoms with Gasteiger partial charge in [0, 0.05) is 5.92 Å². The van der Waals surface area contributed by atoms with Gasteiger partial charge in [-0.2, -0.15) is 0 Å². The molecule has 0 saturated heterocycles. The fourth-order valence-corrected chi connectivity index (χ4v) is 2.87. The van der Waals surface area contributed by atoms with Gasteiger partial charge in [0.25, 0.3) is 0 Å². The molecule has 114 valence electrons. The third kappa shape index (κ3) is 3.37. The zero-order valence-corrected chi connectivity index (χ0v) is 13.7. The predicted molar refractivity (Wildman–Crippen MR) is 81.1 cm³/mol. The number of aliphatic carboxylic acids is 1. The van der Waals surface area contributed by atoms with Crippen molar-refractivity contribution in [1.29, 1.82) is 0 Å². The minimum Gasteiger partial charge on any atom is -0.496 e. The summed E-state index contributed by atoms with van der Waals surface area (Å²) in [5.41, 5.74) is 0.468. The monoisotopic (exact) mass is 355 g/mol. The van der Waals surface area contributed by atoms with E-state index in [1.165, 1.54) is 7.11 Å². The van der Waals surface area contributed by atoms with E-state index in [4.69, 9.17) is 4.74 Å². The molecule has 0 heterocycles. The van der Waals surface area contributed by atoms with Crippen molar-refractivity contribution in [2.45, 2.75) is 26.3 Å². The van der Waals surface area contributed by atoms with Gasteiger partial charge in [0.1, 0.15) is 5.75 Å². The van der Waals surface area contributed by atoms with E-state index in [9.17, 15) is 14.7 Å². The third-order valence-corrected chi connectivity index (χ3v) is 4.49. The molecule has 0 bridgehead atoms. The Kier molecular flexibility index (Phi) is 4.27. The van der Waals surface area contributed by atoms with E-state index in [1.54, 1.807) is 18.2 Å². The summed E-state index contributed by atoms with van der Waals surface area (Å²) < 4.78 is 5.76. The maximum Gasteiger partial charge on any atom is 0.330 e. The van der Waals surface area contributed by atoms with Crippen molar-refractivity contribution in [3.8, 4) is 5.75 Å². The average molecular weight is 356 g/mol. The first-order valence-electron chi connectivity index (χ1n) is 6.63. The number of amides is 1. The van der Waals surface area contributed by atoms with E-state index in [2.05, 4.69) is 21.2 Å². The molecular weight excluding hydrogens is 338 g/mol. The van der Waals surface area contributed by atoms with Gasteiger partial charge in [0.2, 0.25) is 5.91 Å². The van der Waals surface area contributed by atoms with E-state index in [1.807, 2.05) is 13.8 Å². The molecule has 1 aliphatic carbocycles. The van der Waals surface area contributed by atoms with E-state index >= 15 is 0 Å². The van der Waals surface area contributed by atoms with Crippen LogP contribution in [0.4, 0.5) is 0 Å². The highest BCUT2D eigenvalue weighted by molar-refractivity contribution is 9.10. The standard InChI is InChI=1S/C15H18BrNO4/c1-15(2)7-9(15)13(18)17-12(14(19)20)8-4-5-11(21-3)10(16)6-8/h4-6,9,12H,7H2,1-3H3,(H,17,18)(H,19,20). The number of carboxylic acids is 1. The van der Waals surface area contributed by atoms with Crippen LogP contribution in [0.1, 0.15) is 31.9 Å². The SMILES string of the molecule is COc1ccc(C(NC(=O)C2CC2(C)C)C(=O)O)cc1Br. The Hall–Kier alpha value is -1.56. The van der Waals surface area contributed by atoms with Crippen LogP contribution in [0.2, 0.25) is 0 Å². The Morgan fingerprint density at radius 2 is 2.10 bits per heavy atom. The Morgan fingerprint density at radius 1 is 1.48 bits per heavy atom. The first kappa shape index (κ1) is 15.8. The van der Waals surface area contributed by atoms with Crippen molar-refractivity contribution in [1.82, 2.24) is 5.32 Å². The van der Waals surface area contributed by atoms with Crippen molar-refractivity contribution in [2.75, 3.05) is 7.11 Å². The van der Waals surface area contributed by atoms with Gasteiger partial charge >= 0.3 is 5.97 Å². The molecule has 2 N–H and O–H groups in total. The lowest BCUT2D eigenvalue weighted by Gasteiger charge is -2.16. The summed E-state index contributed by atoms with van der Waals surface area (Å²) in [5, 5.41) is 12.0. The van der Waals surface area contributed by atoms with Crippen LogP contribution in [0.5, 0.6) is 5.75 Å². The number of halogens is 1. The molecular formula is C15H18BrNO4. The normalized spacial score (nSPS) is 20.5. The van der Waals surface area contributed by atoms with Gasteiger partial charge < -0.3 is 15.2 Å². The number of rotatable bonds is 5. The van der Waals surface area contributed by atoms with Gasteiger partial charge in [0.15, 0.2) is 6.04 Å². The first-order valence-corrected chi connectivity index (χ1v) is 7.42. The highest BCUT2D eigenvalue weighted by Crippen LogP contribution is 2.51. The molecule has 5 nitrogen and oxygen atoms in total. The summed E-state index contributed by atoms with van der Waals surface area (Å²) in [4.78, 5) is 23.6. The van der Waals surface area contributed by atoms with E-state index in [0.29, 0.717) is 15.8 Å². The number of carboxylic acid groups (broad SMARTS) is 1. The lowest BCUT2D eigenvalue weighted by atomic mass is 10.1. The van der Waals surface area contributed by atoms with Crippen LogP contribution in [0.3, 0.4) is 0 Å². The third-order valence-electron chi connectivity index (χ3n) is 3.87. The summed E-state index contributed by atoms with van der Waals surface area (Å²) in [6, 6.07) is 3.90.